The van der Waals surface area contributed by atoms with Crippen molar-refractivity contribution in [2.75, 3.05) is 12.5 Å². The molecule has 0 bridgehead atoms. The van der Waals surface area contributed by atoms with Crippen LogP contribution in [0, 0.1) is 11.8 Å². The highest BCUT2D eigenvalue weighted by Gasteiger charge is 1.89. The van der Waals surface area contributed by atoms with Crippen LogP contribution in [0.3, 0.4) is 0 Å². The summed E-state index contributed by atoms with van der Waals surface area (Å²) in [5.41, 5.74) is 1.19. The number of benzene rings is 1. The molecule has 0 saturated carbocycles. The Bertz CT molecular complexity index is 297. The maximum atomic E-state index is 5.42. The van der Waals surface area contributed by atoms with Gasteiger partial charge in [-0.1, -0.05) is 42.2 Å². The van der Waals surface area contributed by atoms with E-state index >= 15 is 0 Å². The average molecular weight is 209 g/mol. The molecule has 0 atom stereocenters. The van der Waals surface area contributed by atoms with E-state index in [2.05, 4.69) is 11.8 Å². The van der Waals surface area contributed by atoms with Gasteiger partial charge in [0.1, 0.15) is 0 Å². The van der Waals surface area contributed by atoms with Gasteiger partial charge in [-0.15, -0.1) is 11.6 Å². The molecule has 14 heavy (non-hydrogen) atoms. The molecule has 1 aromatic carbocycles. The average Bonchev–Trinajstić information content (AvgIpc) is 2.25. The van der Waals surface area contributed by atoms with Crippen LogP contribution in [0.25, 0.3) is 0 Å². The van der Waals surface area contributed by atoms with Crippen LogP contribution in [0.5, 0.6) is 0 Å². The molecule has 0 aromatic heterocycles. The zero-order valence-corrected chi connectivity index (χ0v) is 8.76. The van der Waals surface area contributed by atoms with Crippen molar-refractivity contribution in [3.05, 3.63) is 35.9 Å². The molecule has 2 heteroatoms. The quantitative estimate of drug-likeness (QED) is 0.420. The maximum Gasteiger partial charge on any atom is 0.0835 e. The SMILES string of the molecule is ClCC#CCCOCc1ccccc1. The van der Waals surface area contributed by atoms with E-state index in [0.29, 0.717) is 19.1 Å². The lowest BCUT2D eigenvalue weighted by Crippen LogP contribution is -1.93. The lowest BCUT2D eigenvalue weighted by atomic mass is 10.2. The highest BCUT2D eigenvalue weighted by Crippen LogP contribution is 2.00. The van der Waals surface area contributed by atoms with E-state index in [1.165, 1.54) is 5.56 Å². The summed E-state index contributed by atoms with van der Waals surface area (Å²) in [5, 5.41) is 0. The minimum Gasteiger partial charge on any atom is -0.376 e. The summed E-state index contributed by atoms with van der Waals surface area (Å²) >= 11 is 5.40. The third-order valence-corrected chi connectivity index (χ3v) is 1.81. The number of halogens is 1. The fourth-order valence-corrected chi connectivity index (χ4v) is 1.12. The van der Waals surface area contributed by atoms with Crippen LogP contribution in [0.4, 0.5) is 0 Å². The first-order chi connectivity index (χ1) is 6.93. The van der Waals surface area contributed by atoms with Crippen LogP contribution in [0.1, 0.15) is 12.0 Å². The van der Waals surface area contributed by atoms with Crippen molar-refractivity contribution >= 4 is 11.6 Å². The molecule has 0 unspecified atom stereocenters. The highest BCUT2D eigenvalue weighted by atomic mass is 35.5. The molecular formula is C12H13ClO. The van der Waals surface area contributed by atoms with Crippen molar-refractivity contribution in [3.8, 4) is 11.8 Å². The predicted octanol–water partition coefficient (Wildman–Crippen LogP) is 2.84. The second-order valence-electron chi connectivity index (χ2n) is 2.78. The van der Waals surface area contributed by atoms with Crippen molar-refractivity contribution in [1.29, 1.82) is 0 Å². The van der Waals surface area contributed by atoms with Gasteiger partial charge in [0.05, 0.1) is 19.1 Å². The molecule has 1 aromatic rings. The number of hydrogen-bond donors (Lipinski definition) is 0. The summed E-state index contributed by atoms with van der Waals surface area (Å²) in [6.45, 7) is 1.32. The van der Waals surface area contributed by atoms with Crippen molar-refractivity contribution in [2.24, 2.45) is 0 Å². The van der Waals surface area contributed by atoms with E-state index in [9.17, 15) is 0 Å². The molecule has 0 amide bonds. The summed E-state index contributed by atoms with van der Waals surface area (Å²) in [5.74, 6) is 6.10. The maximum absolute atomic E-state index is 5.42. The Morgan fingerprint density at radius 1 is 1.14 bits per heavy atom. The molecule has 74 valence electrons. The minimum absolute atomic E-state index is 0.401. The first-order valence-electron chi connectivity index (χ1n) is 4.57. The van der Waals surface area contributed by atoms with Crippen molar-refractivity contribution < 1.29 is 4.74 Å². The van der Waals surface area contributed by atoms with Gasteiger partial charge < -0.3 is 4.74 Å². The van der Waals surface area contributed by atoms with Gasteiger partial charge in [-0.05, 0) is 5.56 Å². The molecule has 0 aliphatic rings. The van der Waals surface area contributed by atoms with Gasteiger partial charge >= 0.3 is 0 Å². The van der Waals surface area contributed by atoms with Gasteiger partial charge in [0.2, 0.25) is 0 Å². The third kappa shape index (κ3) is 4.91. The van der Waals surface area contributed by atoms with E-state index in [4.69, 9.17) is 16.3 Å². The fourth-order valence-electron chi connectivity index (χ4n) is 1.02. The molecule has 1 nitrogen and oxygen atoms in total. The number of rotatable bonds is 4. The summed E-state index contributed by atoms with van der Waals surface area (Å²) in [4.78, 5) is 0. The Kier molecular flexibility index (Phi) is 5.90. The number of alkyl halides is 1. The number of ether oxygens (including phenoxy) is 1. The second kappa shape index (κ2) is 7.44. The Morgan fingerprint density at radius 3 is 2.64 bits per heavy atom. The van der Waals surface area contributed by atoms with Gasteiger partial charge in [-0.2, -0.15) is 0 Å². The second-order valence-corrected chi connectivity index (χ2v) is 3.04. The summed E-state index contributed by atoms with van der Waals surface area (Å²) < 4.78 is 5.42. The van der Waals surface area contributed by atoms with Crippen LogP contribution in [0.15, 0.2) is 30.3 Å². The zero-order chi connectivity index (χ0) is 10.1. The normalized spacial score (nSPS) is 9.21. The third-order valence-electron chi connectivity index (χ3n) is 1.67. The molecule has 0 fully saturated rings. The summed E-state index contributed by atoms with van der Waals surface area (Å²) in [7, 11) is 0. The topological polar surface area (TPSA) is 9.23 Å². The van der Waals surface area contributed by atoms with Gasteiger partial charge in [-0.25, -0.2) is 0 Å². The summed E-state index contributed by atoms with van der Waals surface area (Å²) in [6, 6.07) is 10.1. The van der Waals surface area contributed by atoms with Gasteiger partial charge in [-0.3, -0.25) is 0 Å². The molecular weight excluding hydrogens is 196 g/mol. The molecule has 0 spiro atoms. The Hall–Kier alpha value is -0.970. The lowest BCUT2D eigenvalue weighted by molar-refractivity contribution is 0.126. The first kappa shape index (κ1) is 11.1. The minimum atomic E-state index is 0.401. The van der Waals surface area contributed by atoms with Gasteiger partial charge in [0, 0.05) is 6.42 Å². The highest BCUT2D eigenvalue weighted by molar-refractivity contribution is 6.19. The number of hydrogen-bond acceptors (Lipinski definition) is 1. The largest absolute Gasteiger partial charge is 0.376 e. The first-order valence-corrected chi connectivity index (χ1v) is 5.10. The monoisotopic (exact) mass is 208 g/mol. The predicted molar refractivity (Wildman–Crippen MR) is 59.2 cm³/mol. The molecule has 0 saturated heterocycles. The van der Waals surface area contributed by atoms with Crippen LogP contribution in [-0.4, -0.2) is 12.5 Å². The lowest BCUT2D eigenvalue weighted by Gasteiger charge is -2.00. The zero-order valence-electron chi connectivity index (χ0n) is 8.00. The molecule has 0 aliphatic carbocycles. The fraction of sp³-hybridized carbons (Fsp3) is 0.333. The molecule has 0 radical (unpaired) electrons. The van der Waals surface area contributed by atoms with Gasteiger partial charge in [0.25, 0.3) is 0 Å². The van der Waals surface area contributed by atoms with Crippen LogP contribution < -0.4 is 0 Å². The van der Waals surface area contributed by atoms with Crippen LogP contribution in [-0.2, 0) is 11.3 Å². The van der Waals surface area contributed by atoms with Gasteiger partial charge in [0.15, 0.2) is 0 Å². The van der Waals surface area contributed by atoms with Crippen LogP contribution >= 0.6 is 11.6 Å². The van der Waals surface area contributed by atoms with Crippen LogP contribution in [0.2, 0.25) is 0 Å². The van der Waals surface area contributed by atoms with E-state index < -0.39 is 0 Å². The van der Waals surface area contributed by atoms with Crippen molar-refractivity contribution in [1.82, 2.24) is 0 Å². The van der Waals surface area contributed by atoms with Crippen molar-refractivity contribution in [3.63, 3.8) is 0 Å². The molecule has 0 heterocycles. The Labute approximate surface area is 90.0 Å². The standard InChI is InChI=1S/C12H13ClO/c13-9-5-2-6-10-14-11-12-7-3-1-4-8-12/h1,3-4,7-8H,6,9-11H2. The summed E-state index contributed by atoms with van der Waals surface area (Å²) in [6.07, 6.45) is 0.750. The van der Waals surface area contributed by atoms with E-state index in [-0.39, 0.29) is 0 Å². The Balaban J connectivity index is 2.10. The molecule has 0 N–H and O–H groups in total. The smallest absolute Gasteiger partial charge is 0.0835 e. The molecule has 0 aliphatic heterocycles. The van der Waals surface area contributed by atoms with E-state index in [1.807, 2.05) is 30.3 Å². The van der Waals surface area contributed by atoms with E-state index in [1.54, 1.807) is 0 Å². The Morgan fingerprint density at radius 2 is 1.93 bits per heavy atom. The van der Waals surface area contributed by atoms with E-state index in [0.717, 1.165) is 6.42 Å². The van der Waals surface area contributed by atoms with Crippen molar-refractivity contribution in [2.45, 2.75) is 13.0 Å². The molecule has 1 rings (SSSR count).